The summed E-state index contributed by atoms with van der Waals surface area (Å²) in [7, 11) is 0. The van der Waals surface area contributed by atoms with Crippen LogP contribution < -0.4 is 10.6 Å². The van der Waals surface area contributed by atoms with Gasteiger partial charge in [0.05, 0.1) is 12.8 Å². The summed E-state index contributed by atoms with van der Waals surface area (Å²) in [6.45, 7) is 2.44. The van der Waals surface area contributed by atoms with Gasteiger partial charge in [-0.2, -0.15) is 11.8 Å². The van der Waals surface area contributed by atoms with Crippen LogP contribution in [0.4, 0.5) is 0 Å². The minimum Gasteiger partial charge on any atom is -0.469 e. The van der Waals surface area contributed by atoms with Crippen LogP contribution >= 0.6 is 35.7 Å². The number of furan rings is 1. The highest BCUT2D eigenvalue weighted by Crippen LogP contribution is 2.14. The molecular formula is C20H27IN4OS. The zero-order chi connectivity index (χ0) is 18.0. The first-order valence-corrected chi connectivity index (χ1v) is 10.3. The number of aromatic amines is 1. The molecule has 27 heavy (non-hydrogen) atoms. The normalized spacial score (nSPS) is 11.4. The number of H-pyrrole nitrogens is 1. The molecule has 146 valence electrons. The number of aliphatic imine (C=N–C) groups is 1. The first kappa shape index (κ1) is 21.7. The lowest BCUT2D eigenvalue weighted by Gasteiger charge is -2.12. The molecule has 3 aromatic rings. The van der Waals surface area contributed by atoms with Crippen molar-refractivity contribution in [2.75, 3.05) is 31.6 Å². The number of benzene rings is 1. The number of fused-ring (bicyclic) bond motifs is 1. The molecule has 5 nitrogen and oxygen atoms in total. The minimum absolute atomic E-state index is 0. The SMILES string of the molecule is CSCCN=C(NCCc1cc2ccccc2[nH]1)NCCc1ccco1.I. The summed E-state index contributed by atoms with van der Waals surface area (Å²) < 4.78 is 5.37. The smallest absolute Gasteiger partial charge is 0.191 e. The molecule has 0 aliphatic rings. The van der Waals surface area contributed by atoms with Crippen molar-refractivity contribution < 1.29 is 4.42 Å². The minimum atomic E-state index is 0. The maximum Gasteiger partial charge on any atom is 0.191 e. The third-order valence-corrected chi connectivity index (χ3v) is 4.67. The first-order chi connectivity index (χ1) is 12.8. The molecule has 0 aliphatic heterocycles. The molecule has 0 atom stereocenters. The number of rotatable bonds is 9. The molecular weight excluding hydrogens is 471 g/mol. The number of halogens is 1. The van der Waals surface area contributed by atoms with Crippen molar-refractivity contribution in [2.24, 2.45) is 4.99 Å². The van der Waals surface area contributed by atoms with Gasteiger partial charge < -0.3 is 20.0 Å². The van der Waals surface area contributed by atoms with Gasteiger partial charge in [0, 0.05) is 42.9 Å². The van der Waals surface area contributed by atoms with Gasteiger partial charge in [-0.25, -0.2) is 0 Å². The standard InChI is InChI=1S/C20H26N4OS.HI/c1-26-14-12-23-20(22-11-9-18-6-4-13-25-18)21-10-8-17-15-16-5-2-3-7-19(16)24-17;/h2-7,13,15,24H,8-12,14H2,1H3,(H2,21,22,23);1H. The van der Waals surface area contributed by atoms with Crippen molar-refractivity contribution in [1.29, 1.82) is 0 Å². The fraction of sp³-hybridized carbons (Fsp3) is 0.350. The van der Waals surface area contributed by atoms with Crippen LogP contribution in [0.1, 0.15) is 11.5 Å². The molecule has 0 saturated carbocycles. The van der Waals surface area contributed by atoms with Crippen LogP contribution in [0.15, 0.2) is 58.1 Å². The van der Waals surface area contributed by atoms with Gasteiger partial charge in [0.25, 0.3) is 0 Å². The number of nitrogens with one attached hydrogen (secondary N) is 3. The number of hydrogen-bond donors (Lipinski definition) is 3. The van der Waals surface area contributed by atoms with Crippen LogP contribution in [0.5, 0.6) is 0 Å². The second-order valence-corrected chi connectivity index (χ2v) is 7.02. The van der Waals surface area contributed by atoms with Gasteiger partial charge in [0.1, 0.15) is 5.76 Å². The van der Waals surface area contributed by atoms with E-state index in [0.29, 0.717) is 0 Å². The highest BCUT2D eigenvalue weighted by Gasteiger charge is 2.03. The first-order valence-electron chi connectivity index (χ1n) is 8.95. The molecule has 0 radical (unpaired) electrons. The van der Waals surface area contributed by atoms with Crippen molar-refractivity contribution in [3.8, 4) is 0 Å². The van der Waals surface area contributed by atoms with E-state index in [2.05, 4.69) is 57.2 Å². The van der Waals surface area contributed by atoms with Crippen LogP contribution in [0.3, 0.4) is 0 Å². The van der Waals surface area contributed by atoms with Gasteiger partial charge in [0.2, 0.25) is 0 Å². The van der Waals surface area contributed by atoms with Crippen molar-refractivity contribution in [3.05, 3.63) is 60.2 Å². The Morgan fingerprint density at radius 1 is 1.11 bits per heavy atom. The van der Waals surface area contributed by atoms with Crippen molar-refractivity contribution in [3.63, 3.8) is 0 Å². The Balaban J connectivity index is 0.00000261. The van der Waals surface area contributed by atoms with Crippen LogP contribution in [-0.4, -0.2) is 42.6 Å². The third-order valence-electron chi connectivity index (χ3n) is 4.08. The number of para-hydroxylation sites is 1. The molecule has 2 heterocycles. The van der Waals surface area contributed by atoms with E-state index in [4.69, 9.17) is 4.42 Å². The lowest BCUT2D eigenvalue weighted by molar-refractivity contribution is 0.507. The number of aromatic nitrogens is 1. The van der Waals surface area contributed by atoms with Gasteiger partial charge in [-0.05, 0) is 35.9 Å². The highest BCUT2D eigenvalue weighted by molar-refractivity contribution is 14.0. The zero-order valence-electron chi connectivity index (χ0n) is 15.5. The Bertz CT molecular complexity index is 783. The summed E-state index contributed by atoms with van der Waals surface area (Å²) in [5.41, 5.74) is 2.42. The Labute approximate surface area is 181 Å². The van der Waals surface area contributed by atoms with Crippen LogP contribution in [0, 0.1) is 0 Å². The van der Waals surface area contributed by atoms with E-state index in [9.17, 15) is 0 Å². The number of thioether (sulfide) groups is 1. The van der Waals surface area contributed by atoms with Crippen molar-refractivity contribution in [2.45, 2.75) is 12.8 Å². The van der Waals surface area contributed by atoms with Gasteiger partial charge >= 0.3 is 0 Å². The Morgan fingerprint density at radius 2 is 1.93 bits per heavy atom. The Hall–Kier alpha value is -1.61. The highest BCUT2D eigenvalue weighted by atomic mass is 127. The van der Waals surface area contributed by atoms with E-state index >= 15 is 0 Å². The zero-order valence-corrected chi connectivity index (χ0v) is 18.7. The van der Waals surface area contributed by atoms with E-state index in [-0.39, 0.29) is 24.0 Å². The molecule has 0 unspecified atom stereocenters. The summed E-state index contributed by atoms with van der Waals surface area (Å²) in [4.78, 5) is 8.11. The molecule has 1 aromatic carbocycles. The van der Waals surface area contributed by atoms with E-state index < -0.39 is 0 Å². The second kappa shape index (κ2) is 12.0. The van der Waals surface area contributed by atoms with E-state index in [0.717, 1.165) is 49.9 Å². The van der Waals surface area contributed by atoms with E-state index in [1.165, 1.54) is 16.6 Å². The van der Waals surface area contributed by atoms with Gasteiger partial charge in [-0.3, -0.25) is 4.99 Å². The van der Waals surface area contributed by atoms with E-state index in [1.54, 1.807) is 18.0 Å². The maximum atomic E-state index is 5.37. The summed E-state index contributed by atoms with van der Waals surface area (Å²) in [5.74, 6) is 2.87. The summed E-state index contributed by atoms with van der Waals surface area (Å²) in [5, 5.41) is 8.08. The predicted molar refractivity (Wildman–Crippen MR) is 127 cm³/mol. The predicted octanol–water partition coefficient (Wildman–Crippen LogP) is 4.06. The molecule has 0 saturated heterocycles. The van der Waals surface area contributed by atoms with E-state index in [1.807, 2.05) is 12.1 Å². The molecule has 3 N–H and O–H groups in total. The van der Waals surface area contributed by atoms with Gasteiger partial charge in [-0.15, -0.1) is 24.0 Å². The molecule has 3 rings (SSSR count). The molecule has 0 spiro atoms. The summed E-state index contributed by atoms with van der Waals surface area (Å²) >= 11 is 1.81. The summed E-state index contributed by atoms with van der Waals surface area (Å²) in [6, 6.07) is 14.5. The molecule has 0 amide bonds. The molecule has 2 aromatic heterocycles. The maximum absolute atomic E-state index is 5.37. The number of guanidine groups is 1. The lowest BCUT2D eigenvalue weighted by atomic mass is 10.2. The third kappa shape index (κ3) is 7.14. The number of hydrogen-bond acceptors (Lipinski definition) is 3. The molecule has 0 fully saturated rings. The average molecular weight is 498 g/mol. The monoisotopic (exact) mass is 498 g/mol. The fourth-order valence-corrected chi connectivity index (χ4v) is 3.04. The number of nitrogens with zero attached hydrogens (tertiary/aromatic N) is 1. The Kier molecular flexibility index (Phi) is 9.61. The average Bonchev–Trinajstić information content (AvgIpc) is 3.30. The van der Waals surface area contributed by atoms with Gasteiger partial charge in [-0.1, -0.05) is 18.2 Å². The summed E-state index contributed by atoms with van der Waals surface area (Å²) in [6.07, 6.45) is 5.58. The topological polar surface area (TPSA) is 65.3 Å². The van der Waals surface area contributed by atoms with Crippen LogP contribution in [-0.2, 0) is 12.8 Å². The van der Waals surface area contributed by atoms with Gasteiger partial charge in [0.15, 0.2) is 5.96 Å². The Morgan fingerprint density at radius 3 is 2.67 bits per heavy atom. The molecule has 7 heteroatoms. The molecule has 0 bridgehead atoms. The van der Waals surface area contributed by atoms with Crippen molar-refractivity contribution in [1.82, 2.24) is 15.6 Å². The fourth-order valence-electron chi connectivity index (χ4n) is 2.77. The molecule has 0 aliphatic carbocycles. The van der Waals surface area contributed by atoms with Crippen molar-refractivity contribution >= 4 is 52.6 Å². The quantitative estimate of drug-likeness (QED) is 0.180. The lowest BCUT2D eigenvalue weighted by Crippen LogP contribution is -2.39. The van der Waals surface area contributed by atoms with Crippen LogP contribution in [0.25, 0.3) is 10.9 Å². The van der Waals surface area contributed by atoms with Crippen LogP contribution in [0.2, 0.25) is 0 Å². The largest absolute Gasteiger partial charge is 0.469 e. The second-order valence-electron chi connectivity index (χ2n) is 6.04.